The van der Waals surface area contributed by atoms with E-state index in [-0.39, 0.29) is 0 Å². The number of ether oxygens (including phenoxy) is 1. The van der Waals surface area contributed by atoms with Crippen LogP contribution in [0.5, 0.6) is 0 Å². The summed E-state index contributed by atoms with van der Waals surface area (Å²) in [5.41, 5.74) is 0.400. The van der Waals surface area contributed by atoms with Crippen LogP contribution in [0.4, 0.5) is 0 Å². The molecular formula is C11H21NO. The van der Waals surface area contributed by atoms with Crippen molar-refractivity contribution >= 4 is 0 Å². The van der Waals surface area contributed by atoms with Crippen molar-refractivity contribution in [2.75, 3.05) is 13.2 Å². The predicted octanol–water partition coefficient (Wildman–Crippen LogP) is 1.80. The molecule has 0 amide bonds. The third-order valence-electron chi connectivity index (χ3n) is 3.47. The van der Waals surface area contributed by atoms with E-state index >= 15 is 0 Å². The number of rotatable bonds is 0. The second-order valence-electron chi connectivity index (χ2n) is 5.55. The van der Waals surface area contributed by atoms with Crippen LogP contribution in [0.1, 0.15) is 33.6 Å². The second kappa shape index (κ2) is 3.25. The Morgan fingerprint density at radius 3 is 2.69 bits per heavy atom. The average Bonchev–Trinajstić information content (AvgIpc) is 2.45. The maximum atomic E-state index is 5.50. The first-order valence-corrected chi connectivity index (χ1v) is 5.41. The van der Waals surface area contributed by atoms with E-state index in [1.54, 1.807) is 0 Å². The van der Waals surface area contributed by atoms with E-state index in [9.17, 15) is 0 Å². The highest BCUT2D eigenvalue weighted by molar-refractivity contribution is 4.96. The molecule has 2 aliphatic rings. The zero-order valence-electron chi connectivity index (χ0n) is 8.97. The van der Waals surface area contributed by atoms with Gasteiger partial charge in [0.1, 0.15) is 0 Å². The molecule has 2 saturated heterocycles. The molecule has 0 radical (unpaired) electrons. The van der Waals surface area contributed by atoms with Gasteiger partial charge in [0, 0.05) is 18.7 Å². The van der Waals surface area contributed by atoms with Gasteiger partial charge in [0.05, 0.1) is 6.61 Å². The summed E-state index contributed by atoms with van der Waals surface area (Å²) >= 11 is 0. The minimum Gasteiger partial charge on any atom is -0.381 e. The van der Waals surface area contributed by atoms with Crippen molar-refractivity contribution in [3.8, 4) is 0 Å². The minimum absolute atomic E-state index is 0.400. The van der Waals surface area contributed by atoms with Gasteiger partial charge in [0.2, 0.25) is 0 Å². The summed E-state index contributed by atoms with van der Waals surface area (Å²) in [4.78, 5) is 0. The minimum atomic E-state index is 0.400. The molecule has 0 bridgehead atoms. The molecule has 0 aliphatic carbocycles. The smallest absolute Gasteiger partial charge is 0.0509 e. The van der Waals surface area contributed by atoms with Gasteiger partial charge >= 0.3 is 0 Å². The fourth-order valence-electron chi connectivity index (χ4n) is 2.48. The van der Waals surface area contributed by atoms with E-state index in [1.807, 2.05) is 0 Å². The van der Waals surface area contributed by atoms with E-state index < -0.39 is 0 Å². The van der Waals surface area contributed by atoms with Gasteiger partial charge in [-0.05, 0) is 24.2 Å². The van der Waals surface area contributed by atoms with Gasteiger partial charge in [-0.1, -0.05) is 20.8 Å². The van der Waals surface area contributed by atoms with Crippen LogP contribution in [0.15, 0.2) is 0 Å². The maximum absolute atomic E-state index is 5.50. The molecule has 1 N–H and O–H groups in total. The largest absolute Gasteiger partial charge is 0.381 e. The molecule has 76 valence electrons. The molecule has 2 heterocycles. The zero-order chi connectivity index (χ0) is 9.47. The molecule has 0 saturated carbocycles. The van der Waals surface area contributed by atoms with E-state index in [1.165, 1.54) is 12.8 Å². The van der Waals surface area contributed by atoms with Crippen LogP contribution in [0.25, 0.3) is 0 Å². The van der Waals surface area contributed by atoms with Crippen molar-refractivity contribution < 1.29 is 4.74 Å². The molecule has 2 aliphatic heterocycles. The number of nitrogens with one attached hydrogen (secondary N) is 1. The SMILES string of the molecule is CC(C)(C)C1CC2COCCC2N1. The van der Waals surface area contributed by atoms with Crippen LogP contribution in [-0.2, 0) is 4.74 Å². The number of hydrogen-bond donors (Lipinski definition) is 1. The highest BCUT2D eigenvalue weighted by Crippen LogP contribution is 2.34. The van der Waals surface area contributed by atoms with Crippen molar-refractivity contribution in [1.82, 2.24) is 5.32 Å². The second-order valence-corrected chi connectivity index (χ2v) is 5.55. The van der Waals surface area contributed by atoms with E-state index in [2.05, 4.69) is 26.1 Å². The van der Waals surface area contributed by atoms with Gasteiger partial charge in [0.25, 0.3) is 0 Å². The van der Waals surface area contributed by atoms with Crippen LogP contribution in [0, 0.1) is 11.3 Å². The molecule has 0 aromatic carbocycles. The molecule has 3 atom stereocenters. The van der Waals surface area contributed by atoms with E-state index in [0.717, 1.165) is 25.2 Å². The molecule has 2 fully saturated rings. The molecule has 2 heteroatoms. The lowest BCUT2D eigenvalue weighted by Crippen LogP contribution is -2.41. The predicted molar refractivity (Wildman–Crippen MR) is 53.7 cm³/mol. The Labute approximate surface area is 81.0 Å². The van der Waals surface area contributed by atoms with Gasteiger partial charge in [0.15, 0.2) is 0 Å². The normalized spacial score (nSPS) is 40.4. The Morgan fingerprint density at radius 2 is 2.08 bits per heavy atom. The summed E-state index contributed by atoms with van der Waals surface area (Å²) in [6, 6.07) is 1.42. The molecular weight excluding hydrogens is 162 g/mol. The lowest BCUT2D eigenvalue weighted by molar-refractivity contribution is 0.0478. The first kappa shape index (κ1) is 9.47. The van der Waals surface area contributed by atoms with Gasteiger partial charge in [-0.25, -0.2) is 0 Å². The van der Waals surface area contributed by atoms with E-state index in [0.29, 0.717) is 11.5 Å². The molecule has 0 aromatic rings. The highest BCUT2D eigenvalue weighted by Gasteiger charge is 2.40. The van der Waals surface area contributed by atoms with Crippen LogP contribution in [-0.4, -0.2) is 25.3 Å². The first-order chi connectivity index (χ1) is 6.07. The average molecular weight is 183 g/mol. The van der Waals surface area contributed by atoms with Crippen LogP contribution in [0.2, 0.25) is 0 Å². The summed E-state index contributed by atoms with van der Waals surface area (Å²) in [6.45, 7) is 8.89. The fraction of sp³-hybridized carbons (Fsp3) is 1.00. The Hall–Kier alpha value is -0.0800. The lowest BCUT2D eigenvalue weighted by atomic mass is 9.84. The quantitative estimate of drug-likeness (QED) is 0.618. The summed E-state index contributed by atoms with van der Waals surface area (Å²) in [5, 5.41) is 3.75. The summed E-state index contributed by atoms with van der Waals surface area (Å²) in [6.07, 6.45) is 2.51. The standard InChI is InChI=1S/C11H21NO/c1-11(2,3)10-6-8-7-13-5-4-9(8)12-10/h8-10,12H,4-7H2,1-3H3. The molecule has 2 nitrogen and oxygen atoms in total. The molecule has 0 spiro atoms. The Bertz CT molecular complexity index is 171. The molecule has 2 rings (SSSR count). The third-order valence-corrected chi connectivity index (χ3v) is 3.47. The Morgan fingerprint density at radius 1 is 1.31 bits per heavy atom. The summed E-state index contributed by atoms with van der Waals surface area (Å²) in [7, 11) is 0. The number of hydrogen-bond acceptors (Lipinski definition) is 2. The van der Waals surface area contributed by atoms with Crippen molar-refractivity contribution in [1.29, 1.82) is 0 Å². The fourth-order valence-corrected chi connectivity index (χ4v) is 2.48. The Kier molecular flexibility index (Phi) is 2.37. The van der Waals surface area contributed by atoms with Gasteiger partial charge < -0.3 is 10.1 Å². The zero-order valence-corrected chi connectivity index (χ0v) is 8.97. The summed E-state index contributed by atoms with van der Waals surface area (Å²) < 4.78 is 5.50. The van der Waals surface area contributed by atoms with Crippen LogP contribution in [0.3, 0.4) is 0 Å². The highest BCUT2D eigenvalue weighted by atomic mass is 16.5. The maximum Gasteiger partial charge on any atom is 0.0509 e. The van der Waals surface area contributed by atoms with Gasteiger partial charge in [-0.15, -0.1) is 0 Å². The lowest BCUT2D eigenvalue weighted by Gasteiger charge is -2.28. The number of fused-ring (bicyclic) bond motifs is 1. The van der Waals surface area contributed by atoms with E-state index in [4.69, 9.17) is 4.74 Å². The summed E-state index contributed by atoms with van der Waals surface area (Å²) in [5.74, 6) is 0.776. The first-order valence-electron chi connectivity index (χ1n) is 5.41. The van der Waals surface area contributed by atoms with Crippen LogP contribution >= 0.6 is 0 Å². The van der Waals surface area contributed by atoms with Crippen molar-refractivity contribution in [3.05, 3.63) is 0 Å². The van der Waals surface area contributed by atoms with Crippen molar-refractivity contribution in [2.45, 2.75) is 45.7 Å². The topological polar surface area (TPSA) is 21.3 Å². The van der Waals surface area contributed by atoms with Crippen molar-refractivity contribution in [3.63, 3.8) is 0 Å². The molecule has 0 aromatic heterocycles. The van der Waals surface area contributed by atoms with Crippen LogP contribution < -0.4 is 5.32 Å². The van der Waals surface area contributed by atoms with Gasteiger partial charge in [-0.2, -0.15) is 0 Å². The van der Waals surface area contributed by atoms with Crippen molar-refractivity contribution in [2.24, 2.45) is 11.3 Å². The molecule has 3 unspecified atom stereocenters. The molecule has 13 heavy (non-hydrogen) atoms. The monoisotopic (exact) mass is 183 g/mol. The Balaban J connectivity index is 1.99. The van der Waals surface area contributed by atoms with Gasteiger partial charge in [-0.3, -0.25) is 0 Å². The third kappa shape index (κ3) is 1.89.